The molecule has 0 saturated heterocycles. The number of likely N-dealkylation sites (N-methyl/N-ethyl adjacent to an activating group) is 1. The molecule has 0 radical (unpaired) electrons. The van der Waals surface area contributed by atoms with Gasteiger partial charge in [-0.1, -0.05) is 12.1 Å². The fraction of sp³-hybridized carbons (Fsp3) is 0.400. The first-order valence-corrected chi connectivity index (χ1v) is 7.25. The summed E-state index contributed by atoms with van der Waals surface area (Å²) in [5, 5.41) is 15.4. The van der Waals surface area contributed by atoms with Gasteiger partial charge in [0.1, 0.15) is 12.3 Å². The lowest BCUT2D eigenvalue weighted by Crippen LogP contribution is -2.40. The van der Waals surface area contributed by atoms with Gasteiger partial charge in [0.05, 0.1) is 11.5 Å². The fourth-order valence-corrected chi connectivity index (χ4v) is 2.82. The van der Waals surface area contributed by atoms with Crippen molar-refractivity contribution in [2.45, 2.75) is 13.0 Å². The predicted molar refractivity (Wildman–Crippen MR) is 84.2 cm³/mol. The molecule has 1 aromatic carbocycles. The van der Waals surface area contributed by atoms with Crippen molar-refractivity contribution in [1.82, 2.24) is 9.78 Å². The minimum atomic E-state index is -0.401. The second-order valence-corrected chi connectivity index (χ2v) is 5.52. The molecule has 2 heterocycles. The largest absolute Gasteiger partial charge is 0.486 e. The summed E-state index contributed by atoms with van der Waals surface area (Å²) in [4.78, 5) is 12.7. The van der Waals surface area contributed by atoms with E-state index in [1.165, 1.54) is 4.68 Å². The molecule has 0 spiro atoms. The Morgan fingerprint density at radius 3 is 2.83 bits per heavy atom. The van der Waals surface area contributed by atoms with Crippen LogP contribution in [0.1, 0.15) is 5.69 Å². The highest BCUT2D eigenvalue weighted by atomic mass is 16.6. The lowest BCUT2D eigenvalue weighted by atomic mass is 10.2. The summed E-state index contributed by atoms with van der Waals surface area (Å²) in [6, 6.07) is 7.46. The summed E-state index contributed by atoms with van der Waals surface area (Å²) in [7, 11) is 3.48. The van der Waals surface area contributed by atoms with Gasteiger partial charge in [-0.15, -0.1) is 0 Å². The lowest BCUT2D eigenvalue weighted by Gasteiger charge is -2.30. The summed E-state index contributed by atoms with van der Waals surface area (Å²) < 4.78 is 13.1. The molecule has 1 aromatic heterocycles. The molecule has 0 fully saturated rings. The minimum absolute atomic E-state index is 0.0205. The van der Waals surface area contributed by atoms with E-state index in [-0.39, 0.29) is 11.8 Å². The first-order valence-electron chi connectivity index (χ1n) is 7.25. The number of ether oxygens (including phenoxy) is 2. The van der Waals surface area contributed by atoms with Crippen LogP contribution >= 0.6 is 0 Å². The molecule has 1 unspecified atom stereocenters. The summed E-state index contributed by atoms with van der Waals surface area (Å²) in [5.74, 6) is 1.86. The molecule has 0 bridgehead atoms. The molecule has 0 saturated carbocycles. The molecule has 0 N–H and O–H groups in total. The molecule has 8 heteroatoms. The van der Waals surface area contributed by atoms with E-state index in [4.69, 9.17) is 9.47 Å². The number of fused-ring (bicyclic) bond motifs is 1. The standard InChI is InChI=1S/C15H18N4O4/c1-10-14(19(20)21)15(18(3)16-10)17(2)8-11-9-22-12-6-4-5-7-13(12)23-11/h4-7,11H,8-9H2,1-3H3. The molecular weight excluding hydrogens is 300 g/mol. The number of aryl methyl sites for hydroxylation is 2. The number of nitro groups is 1. The number of nitrogens with zero attached hydrogens (tertiary/aromatic N) is 4. The van der Waals surface area contributed by atoms with Crippen LogP contribution in [0.25, 0.3) is 0 Å². The molecule has 8 nitrogen and oxygen atoms in total. The van der Waals surface area contributed by atoms with E-state index < -0.39 is 4.92 Å². The second kappa shape index (κ2) is 5.79. The van der Waals surface area contributed by atoms with Crippen molar-refractivity contribution in [1.29, 1.82) is 0 Å². The van der Waals surface area contributed by atoms with Gasteiger partial charge in [0.25, 0.3) is 0 Å². The maximum Gasteiger partial charge on any atom is 0.333 e. The monoisotopic (exact) mass is 318 g/mol. The summed E-state index contributed by atoms with van der Waals surface area (Å²) >= 11 is 0. The average molecular weight is 318 g/mol. The molecular formula is C15H18N4O4. The Labute approximate surface area is 133 Å². The molecule has 1 aliphatic rings. The molecule has 0 amide bonds. The van der Waals surface area contributed by atoms with Gasteiger partial charge in [0.15, 0.2) is 17.6 Å². The first-order chi connectivity index (χ1) is 11.0. The third-order valence-electron chi connectivity index (χ3n) is 3.75. The minimum Gasteiger partial charge on any atom is -0.486 e. The second-order valence-electron chi connectivity index (χ2n) is 5.52. The van der Waals surface area contributed by atoms with Crippen LogP contribution in [-0.4, -0.2) is 41.0 Å². The predicted octanol–water partition coefficient (Wildman–Crippen LogP) is 1.91. The topological polar surface area (TPSA) is 82.7 Å². The zero-order valence-electron chi connectivity index (χ0n) is 13.2. The SMILES string of the molecule is Cc1nn(C)c(N(C)CC2COc3ccccc3O2)c1[N+](=O)[O-]. The molecule has 2 aromatic rings. The highest BCUT2D eigenvalue weighted by Crippen LogP contribution is 2.33. The van der Waals surface area contributed by atoms with Crippen LogP contribution in [0.3, 0.4) is 0 Å². The van der Waals surface area contributed by atoms with E-state index in [9.17, 15) is 10.1 Å². The average Bonchev–Trinajstić information content (AvgIpc) is 2.81. The zero-order valence-corrected chi connectivity index (χ0v) is 13.2. The number of aromatic nitrogens is 2. The van der Waals surface area contributed by atoms with Crippen molar-refractivity contribution in [3.8, 4) is 11.5 Å². The van der Waals surface area contributed by atoms with Crippen LogP contribution in [0.2, 0.25) is 0 Å². The van der Waals surface area contributed by atoms with E-state index in [0.717, 1.165) is 0 Å². The number of para-hydroxylation sites is 2. The molecule has 1 aliphatic heterocycles. The molecule has 122 valence electrons. The Morgan fingerprint density at radius 2 is 2.13 bits per heavy atom. The van der Waals surface area contributed by atoms with Gasteiger partial charge in [0, 0.05) is 14.1 Å². The molecule has 1 atom stereocenters. The van der Waals surface area contributed by atoms with Gasteiger partial charge in [-0.3, -0.25) is 10.1 Å². The molecule has 23 heavy (non-hydrogen) atoms. The summed E-state index contributed by atoms with van der Waals surface area (Å²) in [6.45, 7) is 2.48. The van der Waals surface area contributed by atoms with E-state index in [1.54, 1.807) is 25.9 Å². The van der Waals surface area contributed by atoms with Crippen molar-refractivity contribution < 1.29 is 14.4 Å². The van der Waals surface area contributed by atoms with E-state index in [0.29, 0.717) is 36.2 Å². The Bertz CT molecular complexity index is 743. The third kappa shape index (κ3) is 2.79. The lowest BCUT2D eigenvalue weighted by molar-refractivity contribution is -0.384. The Kier molecular flexibility index (Phi) is 3.81. The van der Waals surface area contributed by atoms with Crippen LogP contribution in [0.5, 0.6) is 11.5 Å². The van der Waals surface area contributed by atoms with E-state index >= 15 is 0 Å². The van der Waals surface area contributed by atoms with Gasteiger partial charge >= 0.3 is 5.69 Å². The Morgan fingerprint density at radius 1 is 1.43 bits per heavy atom. The van der Waals surface area contributed by atoms with Gasteiger partial charge < -0.3 is 14.4 Å². The highest BCUT2D eigenvalue weighted by molar-refractivity contribution is 5.61. The number of hydrogen-bond donors (Lipinski definition) is 0. The smallest absolute Gasteiger partial charge is 0.333 e. The van der Waals surface area contributed by atoms with Crippen LogP contribution in [0.4, 0.5) is 11.5 Å². The van der Waals surface area contributed by atoms with Crippen LogP contribution in [0, 0.1) is 17.0 Å². The van der Waals surface area contributed by atoms with E-state index in [1.807, 2.05) is 24.3 Å². The molecule has 0 aliphatic carbocycles. The highest BCUT2D eigenvalue weighted by Gasteiger charge is 2.29. The van der Waals surface area contributed by atoms with Crippen LogP contribution in [0.15, 0.2) is 24.3 Å². The normalized spacial score (nSPS) is 16.2. The van der Waals surface area contributed by atoms with Gasteiger partial charge in [-0.05, 0) is 19.1 Å². The van der Waals surface area contributed by atoms with Crippen molar-refractivity contribution >= 4 is 11.5 Å². The van der Waals surface area contributed by atoms with Gasteiger partial charge in [-0.25, -0.2) is 4.68 Å². The van der Waals surface area contributed by atoms with Gasteiger partial charge in [0.2, 0.25) is 5.82 Å². The number of rotatable bonds is 4. The fourth-order valence-electron chi connectivity index (χ4n) is 2.82. The molecule has 3 rings (SSSR count). The van der Waals surface area contributed by atoms with Crippen LogP contribution < -0.4 is 14.4 Å². The summed E-state index contributed by atoms with van der Waals surface area (Å²) in [5.41, 5.74) is 0.414. The van der Waals surface area contributed by atoms with Crippen molar-refractivity contribution in [2.75, 3.05) is 25.1 Å². The van der Waals surface area contributed by atoms with Crippen molar-refractivity contribution in [2.24, 2.45) is 7.05 Å². The van der Waals surface area contributed by atoms with E-state index in [2.05, 4.69) is 5.10 Å². The number of benzene rings is 1. The third-order valence-corrected chi connectivity index (χ3v) is 3.75. The van der Waals surface area contributed by atoms with Crippen molar-refractivity contribution in [3.05, 3.63) is 40.1 Å². The number of anilines is 1. The summed E-state index contributed by atoms with van der Waals surface area (Å²) in [6.07, 6.45) is -0.218. The Balaban J connectivity index is 1.78. The maximum atomic E-state index is 11.3. The Hall–Kier alpha value is -2.77. The van der Waals surface area contributed by atoms with Gasteiger partial charge in [-0.2, -0.15) is 5.10 Å². The van der Waals surface area contributed by atoms with Crippen LogP contribution in [-0.2, 0) is 7.05 Å². The first kappa shape index (κ1) is 15.1. The zero-order chi connectivity index (χ0) is 16.6. The van der Waals surface area contributed by atoms with Crippen molar-refractivity contribution in [3.63, 3.8) is 0 Å². The maximum absolute atomic E-state index is 11.3. The quantitative estimate of drug-likeness (QED) is 0.632. The number of hydrogen-bond acceptors (Lipinski definition) is 6.